The van der Waals surface area contributed by atoms with Crippen molar-refractivity contribution in [3.05, 3.63) is 83.6 Å². The molecule has 0 aliphatic carbocycles. The molecule has 1 amide bonds. The van der Waals surface area contributed by atoms with E-state index in [1.54, 1.807) is 35.1 Å². The summed E-state index contributed by atoms with van der Waals surface area (Å²) in [5, 5.41) is 10.9. The number of anilines is 3. The zero-order chi connectivity index (χ0) is 24.8. The number of nitrogens with zero attached hydrogens (tertiary/aromatic N) is 5. The summed E-state index contributed by atoms with van der Waals surface area (Å²) in [7, 11) is 3.88. The third kappa shape index (κ3) is 6.14. The number of hydrogen-bond donors (Lipinski definition) is 2. The Bertz CT molecular complexity index is 1350. The first-order valence-corrected chi connectivity index (χ1v) is 11.3. The Balaban J connectivity index is 1.49. The fourth-order valence-electron chi connectivity index (χ4n) is 3.39. The van der Waals surface area contributed by atoms with Gasteiger partial charge in [-0.15, -0.1) is 0 Å². The first-order valence-electron chi connectivity index (χ1n) is 10.9. The SMILES string of the molecule is Cc1c(NC(=O)/C=C/CN(C)C)cn2ncnc(Nc3ccc(OCc4ccccn4)c(Cl)c3)c12. The minimum atomic E-state index is -0.207. The van der Waals surface area contributed by atoms with Crippen LogP contribution >= 0.6 is 11.6 Å². The van der Waals surface area contributed by atoms with E-state index in [2.05, 4.69) is 25.7 Å². The van der Waals surface area contributed by atoms with Gasteiger partial charge in [0.05, 0.1) is 22.6 Å². The van der Waals surface area contributed by atoms with Gasteiger partial charge < -0.3 is 20.3 Å². The van der Waals surface area contributed by atoms with Crippen LogP contribution in [0.5, 0.6) is 5.75 Å². The van der Waals surface area contributed by atoms with Gasteiger partial charge in [-0.3, -0.25) is 9.78 Å². The summed E-state index contributed by atoms with van der Waals surface area (Å²) in [5.74, 6) is 0.933. The van der Waals surface area contributed by atoms with E-state index in [1.807, 2.05) is 50.2 Å². The number of rotatable bonds is 9. The van der Waals surface area contributed by atoms with Crippen LogP contribution in [0.2, 0.25) is 5.02 Å². The molecule has 0 radical (unpaired) electrons. The lowest BCUT2D eigenvalue weighted by Crippen LogP contribution is -2.13. The third-order valence-corrected chi connectivity index (χ3v) is 5.42. The Labute approximate surface area is 208 Å². The van der Waals surface area contributed by atoms with E-state index in [0.717, 1.165) is 22.5 Å². The van der Waals surface area contributed by atoms with Crippen molar-refractivity contribution in [3.63, 3.8) is 0 Å². The molecule has 35 heavy (non-hydrogen) atoms. The second kappa shape index (κ2) is 11.0. The average molecular weight is 492 g/mol. The average Bonchev–Trinajstić information content (AvgIpc) is 3.15. The third-order valence-electron chi connectivity index (χ3n) is 5.12. The van der Waals surface area contributed by atoms with Crippen LogP contribution in [0.25, 0.3) is 5.52 Å². The number of benzene rings is 1. The van der Waals surface area contributed by atoms with Gasteiger partial charge >= 0.3 is 0 Å². The van der Waals surface area contributed by atoms with Crippen LogP contribution in [-0.2, 0) is 11.4 Å². The number of nitrogens with one attached hydrogen (secondary N) is 2. The summed E-state index contributed by atoms with van der Waals surface area (Å²) < 4.78 is 7.47. The summed E-state index contributed by atoms with van der Waals surface area (Å²) in [6, 6.07) is 11.1. The second-order valence-electron chi connectivity index (χ2n) is 8.10. The lowest BCUT2D eigenvalue weighted by Gasteiger charge is -2.11. The fourth-order valence-corrected chi connectivity index (χ4v) is 3.63. The highest BCUT2D eigenvalue weighted by Crippen LogP contribution is 2.32. The van der Waals surface area contributed by atoms with Crippen LogP contribution in [0.4, 0.5) is 17.2 Å². The van der Waals surface area contributed by atoms with E-state index in [4.69, 9.17) is 16.3 Å². The van der Waals surface area contributed by atoms with E-state index >= 15 is 0 Å². The Hall–Kier alpha value is -3.95. The molecular formula is C25H26ClN7O2. The predicted octanol–water partition coefficient (Wildman–Crippen LogP) is 4.47. The molecule has 0 saturated carbocycles. The quantitative estimate of drug-likeness (QED) is 0.333. The molecule has 10 heteroatoms. The molecular weight excluding hydrogens is 466 g/mol. The van der Waals surface area contributed by atoms with Crippen molar-refractivity contribution in [2.45, 2.75) is 13.5 Å². The number of ether oxygens (including phenoxy) is 1. The van der Waals surface area contributed by atoms with Crippen molar-refractivity contribution in [2.75, 3.05) is 31.3 Å². The molecule has 9 nitrogen and oxygen atoms in total. The number of aryl methyl sites for hydroxylation is 1. The maximum absolute atomic E-state index is 12.3. The van der Waals surface area contributed by atoms with Crippen molar-refractivity contribution in [1.29, 1.82) is 0 Å². The molecule has 0 spiro atoms. The van der Waals surface area contributed by atoms with Gasteiger partial charge in [-0.25, -0.2) is 9.50 Å². The lowest BCUT2D eigenvalue weighted by molar-refractivity contribution is -0.111. The molecule has 180 valence electrons. The van der Waals surface area contributed by atoms with Crippen LogP contribution in [0.15, 0.2) is 67.3 Å². The van der Waals surface area contributed by atoms with Crippen molar-refractivity contribution >= 4 is 40.2 Å². The molecule has 3 aromatic heterocycles. The molecule has 0 saturated heterocycles. The molecule has 0 atom stereocenters. The van der Waals surface area contributed by atoms with Crippen molar-refractivity contribution in [3.8, 4) is 5.75 Å². The van der Waals surface area contributed by atoms with Crippen molar-refractivity contribution < 1.29 is 9.53 Å². The van der Waals surface area contributed by atoms with Gasteiger partial charge in [0, 0.05) is 30.1 Å². The molecule has 0 fully saturated rings. The second-order valence-corrected chi connectivity index (χ2v) is 8.51. The van der Waals surface area contributed by atoms with Gasteiger partial charge in [0.15, 0.2) is 5.82 Å². The highest BCUT2D eigenvalue weighted by Gasteiger charge is 2.15. The number of carbonyl (C=O) groups is 1. The van der Waals surface area contributed by atoms with Gasteiger partial charge in [0.1, 0.15) is 24.2 Å². The van der Waals surface area contributed by atoms with Gasteiger partial charge in [-0.2, -0.15) is 5.10 Å². The Morgan fingerprint density at radius 1 is 1.23 bits per heavy atom. The van der Waals surface area contributed by atoms with Crippen LogP contribution < -0.4 is 15.4 Å². The molecule has 0 aliphatic heterocycles. The Kier molecular flexibility index (Phi) is 7.59. The number of carbonyl (C=O) groups excluding carboxylic acids is 1. The standard InChI is InChI=1S/C25H26ClN7O2/c1-17-21(31-23(34)8-6-12-32(2)3)14-33-24(17)25(28-16-29-33)30-18-9-10-22(20(26)13-18)35-15-19-7-4-5-11-27-19/h4-11,13-14,16H,12,15H2,1-3H3,(H,31,34)(H,28,29,30)/b8-6+. The number of hydrogen-bond acceptors (Lipinski definition) is 7. The van der Waals surface area contributed by atoms with Crippen LogP contribution in [0.1, 0.15) is 11.3 Å². The molecule has 4 rings (SSSR count). The minimum absolute atomic E-state index is 0.207. The largest absolute Gasteiger partial charge is 0.486 e. The van der Waals surface area contributed by atoms with Crippen LogP contribution in [0, 0.1) is 6.92 Å². The molecule has 3 heterocycles. The molecule has 4 aromatic rings. The van der Waals surface area contributed by atoms with E-state index in [9.17, 15) is 4.79 Å². The smallest absolute Gasteiger partial charge is 0.248 e. The van der Waals surface area contributed by atoms with E-state index in [0.29, 0.717) is 35.4 Å². The van der Waals surface area contributed by atoms with Gasteiger partial charge in [-0.1, -0.05) is 23.7 Å². The van der Waals surface area contributed by atoms with E-state index in [1.165, 1.54) is 12.4 Å². The molecule has 2 N–H and O–H groups in total. The number of likely N-dealkylation sites (N-methyl/N-ethyl adjacent to an activating group) is 1. The Morgan fingerprint density at radius 3 is 2.83 bits per heavy atom. The number of fused-ring (bicyclic) bond motifs is 1. The number of halogens is 1. The first-order chi connectivity index (χ1) is 16.9. The van der Waals surface area contributed by atoms with Gasteiger partial charge in [0.25, 0.3) is 0 Å². The van der Waals surface area contributed by atoms with Crippen LogP contribution in [0.3, 0.4) is 0 Å². The van der Waals surface area contributed by atoms with Gasteiger partial charge in [-0.05, 0) is 51.4 Å². The molecule has 0 aliphatic rings. The topological polar surface area (TPSA) is 96.7 Å². The number of pyridine rings is 1. The zero-order valence-corrected chi connectivity index (χ0v) is 20.5. The Morgan fingerprint density at radius 2 is 2.09 bits per heavy atom. The molecule has 0 unspecified atom stereocenters. The number of amides is 1. The maximum atomic E-state index is 12.3. The lowest BCUT2D eigenvalue weighted by atomic mass is 10.2. The first kappa shape index (κ1) is 24.2. The monoisotopic (exact) mass is 491 g/mol. The van der Waals surface area contributed by atoms with Crippen molar-refractivity contribution in [1.82, 2.24) is 24.5 Å². The summed E-state index contributed by atoms with van der Waals surface area (Å²) in [6.45, 7) is 2.91. The molecule has 1 aromatic carbocycles. The predicted molar refractivity (Wildman–Crippen MR) is 137 cm³/mol. The summed E-state index contributed by atoms with van der Waals surface area (Å²) >= 11 is 6.45. The van der Waals surface area contributed by atoms with E-state index < -0.39 is 0 Å². The summed E-state index contributed by atoms with van der Waals surface area (Å²) in [5.41, 5.74) is 3.78. The highest BCUT2D eigenvalue weighted by molar-refractivity contribution is 6.32. The summed E-state index contributed by atoms with van der Waals surface area (Å²) in [6.07, 6.45) is 8.25. The number of aromatic nitrogens is 4. The van der Waals surface area contributed by atoms with Gasteiger partial charge in [0.2, 0.25) is 5.91 Å². The zero-order valence-electron chi connectivity index (χ0n) is 19.7. The normalized spacial score (nSPS) is 11.3. The summed E-state index contributed by atoms with van der Waals surface area (Å²) in [4.78, 5) is 22.9. The van der Waals surface area contributed by atoms with E-state index in [-0.39, 0.29) is 5.91 Å². The molecule has 0 bridgehead atoms. The minimum Gasteiger partial charge on any atom is -0.486 e. The van der Waals surface area contributed by atoms with Crippen LogP contribution in [-0.4, -0.2) is 51.0 Å². The highest BCUT2D eigenvalue weighted by atomic mass is 35.5. The maximum Gasteiger partial charge on any atom is 0.248 e. The van der Waals surface area contributed by atoms with Crippen molar-refractivity contribution in [2.24, 2.45) is 0 Å². The fraction of sp³-hybridized carbons (Fsp3) is 0.200.